The standard InChI is InChI=1S/C13H22N4O3S/c1-3-8-21(18,19)14-10-12-15-11(2)9-13(16-12)17-4-6-20-7-5-17/h9,14H,3-8,10H2,1-2H3. The largest absolute Gasteiger partial charge is 0.378 e. The van der Waals surface area contributed by atoms with E-state index in [0.29, 0.717) is 25.5 Å². The molecule has 21 heavy (non-hydrogen) atoms. The molecule has 1 saturated heterocycles. The van der Waals surface area contributed by atoms with E-state index in [0.717, 1.165) is 24.6 Å². The maximum Gasteiger partial charge on any atom is 0.211 e. The summed E-state index contributed by atoms with van der Waals surface area (Å²) in [5, 5.41) is 0. The fourth-order valence-electron chi connectivity index (χ4n) is 2.16. The van der Waals surface area contributed by atoms with Crippen LogP contribution in [0.3, 0.4) is 0 Å². The van der Waals surface area contributed by atoms with Crippen molar-refractivity contribution in [1.29, 1.82) is 0 Å². The fraction of sp³-hybridized carbons (Fsp3) is 0.692. The molecule has 0 amide bonds. The van der Waals surface area contributed by atoms with Crippen LogP contribution in [0.1, 0.15) is 24.9 Å². The Bertz CT molecular complexity index is 571. The van der Waals surface area contributed by atoms with Gasteiger partial charge in [-0.2, -0.15) is 0 Å². The molecule has 1 aromatic rings. The van der Waals surface area contributed by atoms with Crippen LogP contribution in [-0.4, -0.2) is 50.4 Å². The molecular formula is C13H22N4O3S. The quantitative estimate of drug-likeness (QED) is 0.821. The Morgan fingerprint density at radius 2 is 2.05 bits per heavy atom. The highest BCUT2D eigenvalue weighted by molar-refractivity contribution is 7.89. The number of nitrogens with one attached hydrogen (secondary N) is 1. The molecule has 2 rings (SSSR count). The van der Waals surface area contributed by atoms with E-state index in [4.69, 9.17) is 4.74 Å². The third-order valence-electron chi connectivity index (χ3n) is 3.15. The molecular weight excluding hydrogens is 292 g/mol. The highest BCUT2D eigenvalue weighted by atomic mass is 32.2. The summed E-state index contributed by atoms with van der Waals surface area (Å²) < 4.78 is 31.2. The molecule has 0 radical (unpaired) electrons. The molecule has 0 saturated carbocycles. The zero-order chi connectivity index (χ0) is 15.3. The van der Waals surface area contributed by atoms with Crippen molar-refractivity contribution in [1.82, 2.24) is 14.7 Å². The van der Waals surface area contributed by atoms with E-state index in [1.807, 2.05) is 19.9 Å². The Morgan fingerprint density at radius 3 is 2.71 bits per heavy atom. The number of morpholine rings is 1. The van der Waals surface area contributed by atoms with Crippen LogP contribution in [0.4, 0.5) is 5.82 Å². The predicted octanol–water partition coefficient (Wildman–Crippen LogP) is 0.451. The minimum atomic E-state index is -3.24. The molecule has 0 aliphatic carbocycles. The molecule has 1 aromatic heterocycles. The van der Waals surface area contributed by atoms with Crippen molar-refractivity contribution in [3.05, 3.63) is 17.6 Å². The van der Waals surface area contributed by atoms with Crippen molar-refractivity contribution in [3.63, 3.8) is 0 Å². The summed E-state index contributed by atoms with van der Waals surface area (Å²) in [4.78, 5) is 10.9. The Kier molecular flexibility index (Phi) is 5.49. The average Bonchev–Trinajstić information content (AvgIpc) is 2.46. The van der Waals surface area contributed by atoms with Gasteiger partial charge in [0, 0.05) is 24.8 Å². The van der Waals surface area contributed by atoms with Crippen LogP contribution in [0.5, 0.6) is 0 Å². The lowest BCUT2D eigenvalue weighted by Gasteiger charge is -2.28. The van der Waals surface area contributed by atoms with Crippen LogP contribution in [-0.2, 0) is 21.3 Å². The van der Waals surface area contributed by atoms with Crippen LogP contribution in [0.15, 0.2) is 6.07 Å². The summed E-state index contributed by atoms with van der Waals surface area (Å²) in [7, 11) is -3.24. The molecule has 0 bridgehead atoms. The van der Waals surface area contributed by atoms with E-state index in [1.54, 1.807) is 0 Å². The van der Waals surface area contributed by atoms with Gasteiger partial charge in [0.25, 0.3) is 0 Å². The lowest BCUT2D eigenvalue weighted by molar-refractivity contribution is 0.122. The Balaban J connectivity index is 2.08. The van der Waals surface area contributed by atoms with E-state index in [-0.39, 0.29) is 12.3 Å². The number of anilines is 1. The topological polar surface area (TPSA) is 84.4 Å². The summed E-state index contributed by atoms with van der Waals surface area (Å²) in [6.45, 7) is 6.79. The molecule has 1 aliphatic rings. The van der Waals surface area contributed by atoms with Crippen LogP contribution < -0.4 is 9.62 Å². The van der Waals surface area contributed by atoms with E-state index >= 15 is 0 Å². The monoisotopic (exact) mass is 314 g/mol. The van der Waals surface area contributed by atoms with Crippen molar-refractivity contribution in [2.24, 2.45) is 0 Å². The molecule has 0 unspecified atom stereocenters. The summed E-state index contributed by atoms with van der Waals surface area (Å²) in [5.74, 6) is 1.45. The van der Waals surface area contributed by atoms with Crippen molar-refractivity contribution in [2.75, 3.05) is 37.0 Å². The molecule has 1 aliphatic heterocycles. The minimum Gasteiger partial charge on any atom is -0.378 e. The zero-order valence-corrected chi connectivity index (χ0v) is 13.3. The van der Waals surface area contributed by atoms with Gasteiger partial charge in [-0.05, 0) is 13.3 Å². The normalized spacial score (nSPS) is 16.2. The number of aryl methyl sites for hydroxylation is 1. The summed E-state index contributed by atoms with van der Waals surface area (Å²) >= 11 is 0. The molecule has 0 aromatic carbocycles. The van der Waals surface area contributed by atoms with Gasteiger partial charge in [-0.1, -0.05) is 6.92 Å². The fourth-order valence-corrected chi connectivity index (χ4v) is 3.19. The van der Waals surface area contributed by atoms with Crippen LogP contribution in [0, 0.1) is 6.92 Å². The average molecular weight is 314 g/mol. The van der Waals surface area contributed by atoms with Crippen LogP contribution in [0.25, 0.3) is 0 Å². The van der Waals surface area contributed by atoms with Crippen molar-refractivity contribution in [3.8, 4) is 0 Å². The lowest BCUT2D eigenvalue weighted by atomic mass is 10.3. The second-order valence-electron chi connectivity index (χ2n) is 5.02. The molecule has 0 spiro atoms. The van der Waals surface area contributed by atoms with Crippen molar-refractivity contribution in [2.45, 2.75) is 26.8 Å². The number of sulfonamides is 1. The van der Waals surface area contributed by atoms with E-state index in [1.165, 1.54) is 0 Å². The van der Waals surface area contributed by atoms with Gasteiger partial charge in [-0.15, -0.1) is 0 Å². The summed E-state index contributed by atoms with van der Waals surface area (Å²) in [6, 6.07) is 1.91. The first-order valence-corrected chi connectivity index (χ1v) is 8.80. The number of nitrogens with zero attached hydrogens (tertiary/aromatic N) is 3. The van der Waals surface area contributed by atoms with Gasteiger partial charge < -0.3 is 9.64 Å². The third kappa shape index (κ3) is 4.90. The van der Waals surface area contributed by atoms with Gasteiger partial charge in [0.2, 0.25) is 10.0 Å². The first kappa shape index (κ1) is 16.1. The van der Waals surface area contributed by atoms with Gasteiger partial charge in [0.15, 0.2) is 0 Å². The second kappa shape index (κ2) is 7.15. The molecule has 0 atom stereocenters. The van der Waals surface area contributed by atoms with E-state index < -0.39 is 10.0 Å². The Labute approximate surface area is 125 Å². The predicted molar refractivity (Wildman–Crippen MR) is 80.7 cm³/mol. The lowest BCUT2D eigenvalue weighted by Crippen LogP contribution is -2.37. The minimum absolute atomic E-state index is 0.120. The smallest absolute Gasteiger partial charge is 0.211 e. The van der Waals surface area contributed by atoms with Crippen LogP contribution >= 0.6 is 0 Å². The maximum atomic E-state index is 11.7. The molecule has 7 nitrogen and oxygen atoms in total. The summed E-state index contributed by atoms with van der Waals surface area (Å²) in [6.07, 6.45) is 0.586. The van der Waals surface area contributed by atoms with Gasteiger partial charge in [-0.3, -0.25) is 0 Å². The first-order chi connectivity index (χ1) is 10.00. The van der Waals surface area contributed by atoms with Crippen molar-refractivity contribution >= 4 is 15.8 Å². The van der Waals surface area contributed by atoms with Gasteiger partial charge in [-0.25, -0.2) is 23.1 Å². The van der Waals surface area contributed by atoms with Gasteiger partial charge in [0.05, 0.1) is 25.5 Å². The number of aromatic nitrogens is 2. The molecule has 8 heteroatoms. The molecule has 2 heterocycles. The van der Waals surface area contributed by atoms with E-state index in [9.17, 15) is 8.42 Å². The van der Waals surface area contributed by atoms with Gasteiger partial charge >= 0.3 is 0 Å². The second-order valence-corrected chi connectivity index (χ2v) is 6.95. The molecule has 1 N–H and O–H groups in total. The molecule has 1 fully saturated rings. The maximum absolute atomic E-state index is 11.7. The third-order valence-corrected chi connectivity index (χ3v) is 4.68. The number of hydrogen-bond donors (Lipinski definition) is 1. The Hall–Kier alpha value is -1.25. The number of rotatable bonds is 6. The van der Waals surface area contributed by atoms with Crippen LogP contribution in [0.2, 0.25) is 0 Å². The zero-order valence-electron chi connectivity index (χ0n) is 12.5. The number of hydrogen-bond acceptors (Lipinski definition) is 6. The Morgan fingerprint density at radius 1 is 1.33 bits per heavy atom. The van der Waals surface area contributed by atoms with Crippen molar-refractivity contribution < 1.29 is 13.2 Å². The number of ether oxygens (including phenoxy) is 1. The van der Waals surface area contributed by atoms with Gasteiger partial charge in [0.1, 0.15) is 11.6 Å². The highest BCUT2D eigenvalue weighted by Gasteiger charge is 2.15. The SMILES string of the molecule is CCCS(=O)(=O)NCc1nc(C)cc(N2CCOCC2)n1. The van der Waals surface area contributed by atoms with E-state index in [2.05, 4.69) is 19.6 Å². The highest BCUT2D eigenvalue weighted by Crippen LogP contribution is 2.14. The first-order valence-electron chi connectivity index (χ1n) is 7.15. The molecule has 118 valence electrons. The summed E-state index contributed by atoms with van der Waals surface area (Å²) in [5.41, 5.74) is 0.830.